The highest BCUT2D eigenvalue weighted by Crippen LogP contribution is 2.28. The van der Waals surface area contributed by atoms with Crippen LogP contribution in [0.1, 0.15) is 18.9 Å². The van der Waals surface area contributed by atoms with Crippen molar-refractivity contribution in [3.63, 3.8) is 0 Å². The van der Waals surface area contributed by atoms with Crippen molar-refractivity contribution in [2.75, 3.05) is 12.8 Å². The molecule has 0 aliphatic rings. The van der Waals surface area contributed by atoms with Crippen LogP contribution in [-0.2, 0) is 6.54 Å². The number of nitrogens with one attached hydrogen (secondary N) is 1. The molecule has 0 aromatic heterocycles. The van der Waals surface area contributed by atoms with Gasteiger partial charge in [-0.1, -0.05) is 24.6 Å². The summed E-state index contributed by atoms with van der Waals surface area (Å²) < 4.78 is 0. The highest BCUT2D eigenvalue weighted by molar-refractivity contribution is 7.99. The number of rotatable bonds is 5. The normalized spacial score (nSPS) is 10.5. The van der Waals surface area contributed by atoms with Gasteiger partial charge in [0.1, 0.15) is 0 Å². The Bertz CT molecular complexity index is 289. The van der Waals surface area contributed by atoms with E-state index in [4.69, 9.17) is 11.6 Å². The van der Waals surface area contributed by atoms with E-state index in [9.17, 15) is 0 Å². The minimum atomic E-state index is 0.871. The monoisotopic (exact) mass is 229 g/mol. The largest absolute Gasteiger partial charge is 0.316 e. The Balaban J connectivity index is 2.68. The zero-order chi connectivity index (χ0) is 10.4. The summed E-state index contributed by atoms with van der Waals surface area (Å²) in [4.78, 5) is 1.19. The Morgan fingerprint density at radius 1 is 1.43 bits per heavy atom. The molecule has 78 valence electrons. The first-order chi connectivity index (χ1) is 6.77. The first-order valence-corrected chi connectivity index (χ1v) is 6.20. The van der Waals surface area contributed by atoms with Crippen LogP contribution in [0, 0.1) is 0 Å². The van der Waals surface area contributed by atoms with Crippen LogP contribution in [0.25, 0.3) is 0 Å². The Kier molecular flexibility index (Phi) is 5.38. The second-order valence-corrected chi connectivity index (χ2v) is 4.69. The van der Waals surface area contributed by atoms with E-state index < -0.39 is 0 Å². The van der Waals surface area contributed by atoms with E-state index in [2.05, 4.69) is 24.4 Å². The second kappa shape index (κ2) is 6.33. The average molecular weight is 230 g/mol. The number of hydrogen-bond donors (Lipinski definition) is 1. The molecule has 14 heavy (non-hydrogen) atoms. The molecule has 0 aliphatic carbocycles. The molecule has 0 atom stereocenters. The van der Waals surface area contributed by atoms with Gasteiger partial charge in [-0.15, -0.1) is 11.8 Å². The molecule has 0 bridgehead atoms. The third-order valence-corrected chi connectivity index (χ3v) is 3.54. The highest BCUT2D eigenvalue weighted by Gasteiger charge is 2.01. The topological polar surface area (TPSA) is 12.0 Å². The molecule has 1 aromatic carbocycles. The molecule has 1 N–H and O–H groups in total. The molecule has 0 aliphatic heterocycles. The van der Waals surface area contributed by atoms with E-state index in [1.165, 1.54) is 16.9 Å². The SMILES string of the molecule is CCCSc1ccc(CNC)cc1Cl. The molecule has 1 aromatic rings. The van der Waals surface area contributed by atoms with E-state index in [1.54, 1.807) is 0 Å². The van der Waals surface area contributed by atoms with Crippen molar-refractivity contribution >= 4 is 23.4 Å². The van der Waals surface area contributed by atoms with Crippen molar-refractivity contribution in [3.05, 3.63) is 28.8 Å². The predicted octanol–water partition coefficient (Wildman–Crippen LogP) is 3.56. The lowest BCUT2D eigenvalue weighted by atomic mass is 10.2. The fourth-order valence-corrected chi connectivity index (χ4v) is 2.34. The van der Waals surface area contributed by atoms with Crippen LogP contribution in [0.3, 0.4) is 0 Å². The molecule has 0 fully saturated rings. The standard InChI is InChI=1S/C11H16ClNS/c1-3-6-14-11-5-4-9(8-13-2)7-10(11)12/h4-5,7,13H,3,6,8H2,1-2H3. The third kappa shape index (κ3) is 3.52. The summed E-state index contributed by atoms with van der Waals surface area (Å²) >= 11 is 7.97. The molecule has 0 saturated heterocycles. The maximum absolute atomic E-state index is 6.15. The van der Waals surface area contributed by atoms with Gasteiger partial charge in [0, 0.05) is 11.4 Å². The lowest BCUT2D eigenvalue weighted by molar-refractivity contribution is 0.817. The summed E-state index contributed by atoms with van der Waals surface area (Å²) in [5, 5.41) is 3.98. The van der Waals surface area contributed by atoms with Gasteiger partial charge in [-0.25, -0.2) is 0 Å². The van der Waals surface area contributed by atoms with Crippen LogP contribution in [0.2, 0.25) is 5.02 Å². The fraction of sp³-hybridized carbons (Fsp3) is 0.455. The summed E-state index contributed by atoms with van der Waals surface area (Å²) in [6.07, 6.45) is 1.18. The molecule has 3 heteroatoms. The van der Waals surface area contributed by atoms with Gasteiger partial charge in [-0.2, -0.15) is 0 Å². The van der Waals surface area contributed by atoms with Crippen LogP contribution in [0.5, 0.6) is 0 Å². The predicted molar refractivity (Wildman–Crippen MR) is 65.2 cm³/mol. The Morgan fingerprint density at radius 3 is 2.79 bits per heavy atom. The van der Waals surface area contributed by atoms with Crippen LogP contribution < -0.4 is 5.32 Å². The molecule has 1 nitrogen and oxygen atoms in total. The molecule has 0 radical (unpaired) electrons. The van der Waals surface area contributed by atoms with Gasteiger partial charge >= 0.3 is 0 Å². The fourth-order valence-electron chi connectivity index (χ4n) is 1.19. The first-order valence-electron chi connectivity index (χ1n) is 4.83. The van der Waals surface area contributed by atoms with E-state index in [0.717, 1.165) is 17.3 Å². The quantitative estimate of drug-likeness (QED) is 0.775. The van der Waals surface area contributed by atoms with Gasteiger partial charge < -0.3 is 5.32 Å². The summed E-state index contributed by atoms with van der Waals surface area (Å²) in [7, 11) is 1.94. The van der Waals surface area contributed by atoms with Crippen LogP contribution in [-0.4, -0.2) is 12.8 Å². The summed E-state index contributed by atoms with van der Waals surface area (Å²) in [5.41, 5.74) is 1.23. The number of hydrogen-bond acceptors (Lipinski definition) is 2. The van der Waals surface area contributed by atoms with Crippen LogP contribution in [0.15, 0.2) is 23.1 Å². The number of thioether (sulfide) groups is 1. The van der Waals surface area contributed by atoms with Gasteiger partial charge in [0.15, 0.2) is 0 Å². The lowest BCUT2D eigenvalue weighted by Gasteiger charge is -2.05. The van der Waals surface area contributed by atoms with Crippen LogP contribution >= 0.6 is 23.4 Å². The number of halogens is 1. The van der Waals surface area contributed by atoms with Crippen molar-refractivity contribution in [2.45, 2.75) is 24.8 Å². The Morgan fingerprint density at radius 2 is 2.21 bits per heavy atom. The molecule has 1 rings (SSSR count). The zero-order valence-corrected chi connectivity index (χ0v) is 10.2. The smallest absolute Gasteiger partial charge is 0.0545 e. The molecular formula is C11H16ClNS. The van der Waals surface area contributed by atoms with Gasteiger partial charge in [-0.3, -0.25) is 0 Å². The van der Waals surface area contributed by atoms with Gasteiger partial charge in [0.25, 0.3) is 0 Å². The van der Waals surface area contributed by atoms with Gasteiger partial charge in [-0.05, 0) is 36.9 Å². The molecular weight excluding hydrogens is 214 g/mol. The molecule has 0 amide bonds. The van der Waals surface area contributed by atoms with Crippen molar-refractivity contribution in [1.82, 2.24) is 5.32 Å². The molecule has 0 spiro atoms. The minimum absolute atomic E-state index is 0.871. The molecule has 0 unspecified atom stereocenters. The van der Waals surface area contributed by atoms with Gasteiger partial charge in [0.2, 0.25) is 0 Å². The Labute approximate surface area is 95.2 Å². The summed E-state index contributed by atoms with van der Waals surface area (Å²) in [5.74, 6) is 1.13. The van der Waals surface area contributed by atoms with Crippen molar-refractivity contribution in [2.24, 2.45) is 0 Å². The second-order valence-electron chi connectivity index (χ2n) is 3.14. The number of benzene rings is 1. The molecule has 0 heterocycles. The maximum atomic E-state index is 6.15. The summed E-state index contributed by atoms with van der Waals surface area (Å²) in [6, 6.07) is 6.27. The van der Waals surface area contributed by atoms with E-state index in [0.29, 0.717) is 0 Å². The van der Waals surface area contributed by atoms with E-state index in [1.807, 2.05) is 24.9 Å². The lowest BCUT2D eigenvalue weighted by Crippen LogP contribution is -2.04. The first kappa shape index (κ1) is 11.9. The van der Waals surface area contributed by atoms with Crippen molar-refractivity contribution < 1.29 is 0 Å². The van der Waals surface area contributed by atoms with E-state index in [-0.39, 0.29) is 0 Å². The Hall–Kier alpha value is -0.180. The van der Waals surface area contributed by atoms with Gasteiger partial charge in [0.05, 0.1) is 5.02 Å². The summed E-state index contributed by atoms with van der Waals surface area (Å²) in [6.45, 7) is 3.05. The third-order valence-electron chi connectivity index (χ3n) is 1.84. The molecule has 0 saturated carbocycles. The van der Waals surface area contributed by atoms with E-state index >= 15 is 0 Å². The minimum Gasteiger partial charge on any atom is -0.316 e. The van der Waals surface area contributed by atoms with Crippen molar-refractivity contribution in [3.8, 4) is 0 Å². The average Bonchev–Trinajstić information content (AvgIpc) is 2.17. The van der Waals surface area contributed by atoms with Crippen molar-refractivity contribution in [1.29, 1.82) is 0 Å². The van der Waals surface area contributed by atoms with Crippen LogP contribution in [0.4, 0.5) is 0 Å². The zero-order valence-electron chi connectivity index (χ0n) is 8.64. The maximum Gasteiger partial charge on any atom is 0.0545 e. The highest BCUT2D eigenvalue weighted by atomic mass is 35.5.